The molecule has 4 nitrogen and oxygen atoms in total. The van der Waals surface area contributed by atoms with Crippen LogP contribution in [0, 0.1) is 5.92 Å². The number of guanidine groups is 1. The van der Waals surface area contributed by atoms with Crippen molar-refractivity contribution in [2.75, 3.05) is 19.8 Å². The van der Waals surface area contributed by atoms with Gasteiger partial charge in [0.25, 0.3) is 0 Å². The highest BCUT2D eigenvalue weighted by molar-refractivity contribution is 5.78. The Kier molecular flexibility index (Phi) is 6.32. The molecular formula is C11H25N3O. The molecule has 3 N–H and O–H groups in total. The van der Waals surface area contributed by atoms with E-state index in [-0.39, 0.29) is 5.54 Å². The van der Waals surface area contributed by atoms with Crippen LogP contribution in [-0.2, 0) is 4.74 Å². The molecule has 0 atom stereocenters. The highest BCUT2D eigenvalue weighted by Gasteiger charge is 2.09. The highest BCUT2D eigenvalue weighted by atomic mass is 16.5. The van der Waals surface area contributed by atoms with Crippen LogP contribution in [-0.4, -0.2) is 31.3 Å². The van der Waals surface area contributed by atoms with Crippen molar-refractivity contribution in [2.45, 2.75) is 40.2 Å². The van der Waals surface area contributed by atoms with Gasteiger partial charge in [0.2, 0.25) is 0 Å². The molecule has 0 saturated carbocycles. The van der Waals surface area contributed by atoms with Crippen molar-refractivity contribution < 1.29 is 4.74 Å². The molecule has 0 aliphatic carbocycles. The number of hydrogen-bond donors (Lipinski definition) is 2. The van der Waals surface area contributed by atoms with Crippen LogP contribution in [0.15, 0.2) is 4.99 Å². The molecule has 0 spiro atoms. The van der Waals surface area contributed by atoms with Gasteiger partial charge in [-0.3, -0.25) is 4.99 Å². The third-order valence-corrected chi connectivity index (χ3v) is 1.47. The molecule has 0 aliphatic rings. The quantitative estimate of drug-likeness (QED) is 0.413. The summed E-state index contributed by atoms with van der Waals surface area (Å²) in [5.41, 5.74) is 5.65. The number of nitrogens with zero attached hydrogens (tertiary/aromatic N) is 1. The molecule has 0 aromatic carbocycles. The largest absolute Gasteiger partial charge is 0.379 e. The summed E-state index contributed by atoms with van der Waals surface area (Å²) in [7, 11) is 0. The van der Waals surface area contributed by atoms with Crippen molar-refractivity contribution in [1.29, 1.82) is 0 Å². The zero-order chi connectivity index (χ0) is 11.9. The Morgan fingerprint density at radius 1 is 1.40 bits per heavy atom. The second kappa shape index (κ2) is 6.67. The molecule has 0 amide bonds. The van der Waals surface area contributed by atoms with E-state index in [0.717, 1.165) is 6.61 Å². The van der Waals surface area contributed by atoms with Crippen LogP contribution >= 0.6 is 0 Å². The summed E-state index contributed by atoms with van der Waals surface area (Å²) in [6, 6.07) is 0. The number of hydrogen-bond acceptors (Lipinski definition) is 2. The van der Waals surface area contributed by atoms with E-state index in [1.54, 1.807) is 0 Å². The van der Waals surface area contributed by atoms with E-state index >= 15 is 0 Å². The summed E-state index contributed by atoms with van der Waals surface area (Å²) in [5.74, 6) is 1.05. The zero-order valence-corrected chi connectivity index (χ0v) is 10.6. The third kappa shape index (κ3) is 11.2. The van der Waals surface area contributed by atoms with Crippen molar-refractivity contribution in [3.8, 4) is 0 Å². The highest BCUT2D eigenvalue weighted by Crippen LogP contribution is 1.97. The van der Waals surface area contributed by atoms with Crippen molar-refractivity contribution in [1.82, 2.24) is 5.32 Å². The lowest BCUT2D eigenvalue weighted by Crippen LogP contribution is -2.45. The summed E-state index contributed by atoms with van der Waals surface area (Å²) in [6.45, 7) is 12.4. The lowest BCUT2D eigenvalue weighted by Gasteiger charge is -2.20. The Hall–Kier alpha value is -0.770. The summed E-state index contributed by atoms with van der Waals surface area (Å²) >= 11 is 0. The van der Waals surface area contributed by atoms with E-state index in [9.17, 15) is 0 Å². The van der Waals surface area contributed by atoms with E-state index in [1.165, 1.54) is 0 Å². The molecule has 0 aliphatic heterocycles. The van der Waals surface area contributed by atoms with Gasteiger partial charge in [-0.05, 0) is 26.7 Å². The fourth-order valence-electron chi connectivity index (χ4n) is 0.973. The number of nitrogens with one attached hydrogen (secondary N) is 1. The lowest BCUT2D eigenvalue weighted by molar-refractivity contribution is 0.117. The SMILES string of the molecule is CC(C)COCCN=C(N)NC(C)(C)C. The van der Waals surface area contributed by atoms with Gasteiger partial charge in [0, 0.05) is 12.1 Å². The van der Waals surface area contributed by atoms with Gasteiger partial charge in [0.15, 0.2) is 5.96 Å². The van der Waals surface area contributed by atoms with Crippen LogP contribution in [0.3, 0.4) is 0 Å². The molecule has 0 unspecified atom stereocenters. The smallest absolute Gasteiger partial charge is 0.189 e. The fraction of sp³-hybridized carbons (Fsp3) is 0.909. The van der Waals surface area contributed by atoms with E-state index in [0.29, 0.717) is 25.0 Å². The lowest BCUT2D eigenvalue weighted by atomic mass is 10.1. The standard InChI is InChI=1S/C11H25N3O/c1-9(2)8-15-7-6-13-10(12)14-11(3,4)5/h9H,6-8H2,1-5H3,(H3,12,13,14). The Bertz CT molecular complexity index is 194. The van der Waals surface area contributed by atoms with E-state index < -0.39 is 0 Å². The van der Waals surface area contributed by atoms with Crippen molar-refractivity contribution in [3.05, 3.63) is 0 Å². The topological polar surface area (TPSA) is 59.6 Å². The first-order valence-electron chi connectivity index (χ1n) is 5.47. The maximum absolute atomic E-state index is 5.69. The van der Waals surface area contributed by atoms with Gasteiger partial charge in [-0.25, -0.2) is 0 Å². The van der Waals surface area contributed by atoms with Crippen molar-refractivity contribution in [3.63, 3.8) is 0 Å². The predicted molar refractivity (Wildman–Crippen MR) is 65.0 cm³/mol. The van der Waals surface area contributed by atoms with Gasteiger partial charge in [0.05, 0.1) is 13.2 Å². The Labute approximate surface area is 93.3 Å². The van der Waals surface area contributed by atoms with Crippen LogP contribution in [0.2, 0.25) is 0 Å². The molecule has 15 heavy (non-hydrogen) atoms. The van der Waals surface area contributed by atoms with Gasteiger partial charge in [-0.15, -0.1) is 0 Å². The predicted octanol–water partition coefficient (Wildman–Crippen LogP) is 1.36. The number of nitrogens with two attached hydrogens (primary N) is 1. The molecule has 0 heterocycles. The molecular weight excluding hydrogens is 190 g/mol. The van der Waals surface area contributed by atoms with Gasteiger partial charge in [-0.2, -0.15) is 0 Å². The minimum Gasteiger partial charge on any atom is -0.379 e. The molecule has 0 fully saturated rings. The molecule has 0 aromatic heterocycles. The van der Waals surface area contributed by atoms with Gasteiger partial charge in [0.1, 0.15) is 0 Å². The van der Waals surface area contributed by atoms with E-state index in [2.05, 4.69) is 24.2 Å². The molecule has 0 saturated heterocycles. The monoisotopic (exact) mass is 215 g/mol. The zero-order valence-electron chi connectivity index (χ0n) is 10.6. The summed E-state index contributed by atoms with van der Waals surface area (Å²) in [4.78, 5) is 4.16. The second-order valence-electron chi connectivity index (χ2n) is 5.11. The van der Waals surface area contributed by atoms with Crippen molar-refractivity contribution >= 4 is 5.96 Å². The maximum atomic E-state index is 5.69. The molecule has 0 radical (unpaired) electrons. The summed E-state index contributed by atoms with van der Waals surface area (Å²) in [6.07, 6.45) is 0. The summed E-state index contributed by atoms with van der Waals surface area (Å²) < 4.78 is 5.39. The Balaban J connectivity index is 3.59. The molecule has 0 rings (SSSR count). The minimum atomic E-state index is -0.0353. The number of aliphatic imine (C=N–C) groups is 1. The Morgan fingerprint density at radius 2 is 2.00 bits per heavy atom. The first-order chi connectivity index (χ1) is 6.81. The van der Waals surface area contributed by atoms with Crippen LogP contribution in [0.1, 0.15) is 34.6 Å². The minimum absolute atomic E-state index is 0.0353. The van der Waals surface area contributed by atoms with Gasteiger partial charge in [-0.1, -0.05) is 13.8 Å². The van der Waals surface area contributed by atoms with E-state index in [1.807, 2.05) is 20.8 Å². The fourth-order valence-corrected chi connectivity index (χ4v) is 0.973. The summed E-state index contributed by atoms with van der Waals surface area (Å²) in [5, 5.41) is 3.09. The number of ether oxygens (including phenoxy) is 1. The molecule has 0 aromatic rings. The van der Waals surface area contributed by atoms with Gasteiger partial charge >= 0.3 is 0 Å². The second-order valence-corrected chi connectivity index (χ2v) is 5.11. The number of rotatable bonds is 5. The maximum Gasteiger partial charge on any atom is 0.189 e. The normalized spacial score (nSPS) is 13.3. The first kappa shape index (κ1) is 14.2. The molecule has 0 bridgehead atoms. The molecule has 90 valence electrons. The average Bonchev–Trinajstić information content (AvgIpc) is 1.99. The third-order valence-electron chi connectivity index (χ3n) is 1.47. The van der Waals surface area contributed by atoms with E-state index in [4.69, 9.17) is 10.5 Å². The average molecular weight is 215 g/mol. The van der Waals surface area contributed by atoms with Crippen molar-refractivity contribution in [2.24, 2.45) is 16.6 Å². The van der Waals surface area contributed by atoms with Crippen LogP contribution in [0.4, 0.5) is 0 Å². The van der Waals surface area contributed by atoms with Crippen LogP contribution < -0.4 is 11.1 Å². The van der Waals surface area contributed by atoms with Crippen LogP contribution in [0.5, 0.6) is 0 Å². The molecule has 4 heteroatoms. The van der Waals surface area contributed by atoms with Crippen LogP contribution in [0.25, 0.3) is 0 Å². The Morgan fingerprint density at radius 3 is 2.47 bits per heavy atom. The van der Waals surface area contributed by atoms with Gasteiger partial charge < -0.3 is 15.8 Å². The first-order valence-corrected chi connectivity index (χ1v) is 5.47.